The van der Waals surface area contributed by atoms with Crippen molar-refractivity contribution in [1.29, 1.82) is 0 Å². The molecule has 4 aromatic carbocycles. The van der Waals surface area contributed by atoms with Gasteiger partial charge in [-0.25, -0.2) is 0 Å². The molecule has 0 unspecified atom stereocenters. The summed E-state index contributed by atoms with van der Waals surface area (Å²) in [6.07, 6.45) is 0.897. The average molecular weight is 440 g/mol. The zero-order valence-corrected chi connectivity index (χ0v) is 18.7. The highest BCUT2D eigenvalue weighted by molar-refractivity contribution is 5.48. The molecule has 33 heavy (non-hydrogen) atoms. The average Bonchev–Trinajstić information content (AvgIpc) is 2.88. The van der Waals surface area contributed by atoms with Gasteiger partial charge in [-0.1, -0.05) is 66.7 Å². The molecular formula is C29H29NO3. The predicted octanol–water partition coefficient (Wildman–Crippen LogP) is 6.38. The van der Waals surface area contributed by atoms with Gasteiger partial charge in [-0.05, 0) is 48.0 Å². The summed E-state index contributed by atoms with van der Waals surface area (Å²) in [7, 11) is 0. The van der Waals surface area contributed by atoms with Crippen molar-refractivity contribution >= 4 is 5.69 Å². The molecule has 1 N–H and O–H groups in total. The number of hydrogen-bond acceptors (Lipinski definition) is 4. The third-order valence-corrected chi connectivity index (χ3v) is 5.17. The first kappa shape index (κ1) is 22.3. The Labute approximate surface area is 195 Å². The van der Waals surface area contributed by atoms with Crippen molar-refractivity contribution < 1.29 is 14.2 Å². The summed E-state index contributed by atoms with van der Waals surface area (Å²) in [4.78, 5) is 0. The van der Waals surface area contributed by atoms with Gasteiger partial charge in [0.25, 0.3) is 0 Å². The molecule has 4 aromatic rings. The molecule has 0 amide bonds. The molecule has 0 atom stereocenters. The fraction of sp³-hybridized carbons (Fsp3) is 0.172. The van der Waals surface area contributed by atoms with E-state index in [1.807, 2.05) is 78.9 Å². The van der Waals surface area contributed by atoms with E-state index in [2.05, 4.69) is 35.6 Å². The summed E-state index contributed by atoms with van der Waals surface area (Å²) in [5.41, 5.74) is 3.41. The van der Waals surface area contributed by atoms with Crippen LogP contribution in [-0.2, 0) is 13.0 Å². The molecule has 168 valence electrons. The first-order valence-electron chi connectivity index (χ1n) is 11.3. The molecule has 0 spiro atoms. The van der Waals surface area contributed by atoms with E-state index in [0.717, 1.165) is 34.9 Å². The lowest BCUT2D eigenvalue weighted by Crippen LogP contribution is -2.11. The number of ether oxygens (including phenoxy) is 3. The monoisotopic (exact) mass is 439 g/mol. The summed E-state index contributed by atoms with van der Waals surface area (Å²) < 4.78 is 17.5. The molecule has 0 aromatic heterocycles. The van der Waals surface area contributed by atoms with Crippen LogP contribution in [0.4, 0.5) is 5.69 Å². The molecule has 0 fully saturated rings. The zero-order valence-electron chi connectivity index (χ0n) is 18.7. The van der Waals surface area contributed by atoms with Crippen LogP contribution >= 0.6 is 0 Å². The zero-order chi connectivity index (χ0) is 22.6. The number of hydrogen-bond donors (Lipinski definition) is 1. The van der Waals surface area contributed by atoms with Crippen molar-refractivity contribution in [3.8, 4) is 17.2 Å². The Morgan fingerprint density at radius 1 is 0.515 bits per heavy atom. The molecule has 0 saturated carbocycles. The van der Waals surface area contributed by atoms with E-state index in [1.165, 1.54) is 5.56 Å². The van der Waals surface area contributed by atoms with Gasteiger partial charge in [-0.15, -0.1) is 0 Å². The fourth-order valence-electron chi connectivity index (χ4n) is 3.42. The fourth-order valence-corrected chi connectivity index (χ4v) is 3.42. The standard InChI is InChI=1S/C29H29NO3/c1-3-9-24(10-4-1)19-20-31-28-17-15-26(16-18-28)30-23-25-11-7-8-14-29(25)33-22-21-32-27-12-5-2-6-13-27/h1-18,30H,19-23H2. The Balaban J connectivity index is 1.21. The molecule has 0 radical (unpaired) electrons. The van der Waals surface area contributed by atoms with Crippen LogP contribution in [0.5, 0.6) is 17.2 Å². The summed E-state index contributed by atoms with van der Waals surface area (Å²) in [6, 6.07) is 36.3. The van der Waals surface area contributed by atoms with Crippen LogP contribution in [0.1, 0.15) is 11.1 Å². The molecule has 4 heteroatoms. The molecule has 0 aliphatic rings. The van der Waals surface area contributed by atoms with Crippen LogP contribution in [-0.4, -0.2) is 19.8 Å². The van der Waals surface area contributed by atoms with Gasteiger partial charge in [0.2, 0.25) is 0 Å². The maximum absolute atomic E-state index is 5.96. The molecule has 0 aliphatic heterocycles. The van der Waals surface area contributed by atoms with Gasteiger partial charge >= 0.3 is 0 Å². The number of rotatable bonds is 12. The van der Waals surface area contributed by atoms with Gasteiger partial charge in [0.15, 0.2) is 0 Å². The highest BCUT2D eigenvalue weighted by Crippen LogP contribution is 2.21. The minimum atomic E-state index is 0.487. The van der Waals surface area contributed by atoms with E-state index in [-0.39, 0.29) is 0 Å². The first-order chi connectivity index (χ1) is 16.4. The van der Waals surface area contributed by atoms with E-state index < -0.39 is 0 Å². The van der Waals surface area contributed by atoms with Crippen LogP contribution in [0.25, 0.3) is 0 Å². The number of benzene rings is 4. The second-order valence-electron chi connectivity index (χ2n) is 7.58. The number of para-hydroxylation sites is 2. The van der Waals surface area contributed by atoms with Gasteiger partial charge in [0.05, 0.1) is 6.61 Å². The van der Waals surface area contributed by atoms with Crippen LogP contribution in [0.2, 0.25) is 0 Å². The second kappa shape index (κ2) is 12.2. The lowest BCUT2D eigenvalue weighted by molar-refractivity contribution is 0.216. The Morgan fingerprint density at radius 2 is 1.12 bits per heavy atom. The summed E-state index contributed by atoms with van der Waals surface area (Å²) in [6.45, 7) is 2.32. The summed E-state index contributed by atoms with van der Waals surface area (Å²) >= 11 is 0. The molecular weight excluding hydrogens is 410 g/mol. The number of nitrogens with one attached hydrogen (secondary N) is 1. The maximum atomic E-state index is 5.96. The van der Waals surface area contributed by atoms with E-state index in [0.29, 0.717) is 26.4 Å². The first-order valence-corrected chi connectivity index (χ1v) is 11.3. The van der Waals surface area contributed by atoms with E-state index >= 15 is 0 Å². The van der Waals surface area contributed by atoms with Gasteiger partial charge in [-0.2, -0.15) is 0 Å². The molecule has 0 heterocycles. The number of anilines is 1. The largest absolute Gasteiger partial charge is 0.493 e. The normalized spacial score (nSPS) is 10.4. The van der Waals surface area contributed by atoms with Crippen molar-refractivity contribution in [2.24, 2.45) is 0 Å². The third-order valence-electron chi connectivity index (χ3n) is 5.17. The Kier molecular flexibility index (Phi) is 8.24. The van der Waals surface area contributed by atoms with E-state index in [1.54, 1.807) is 0 Å². The third kappa shape index (κ3) is 7.32. The molecule has 0 saturated heterocycles. The van der Waals surface area contributed by atoms with Crippen LogP contribution in [0.15, 0.2) is 109 Å². The SMILES string of the molecule is c1ccc(CCOc2ccc(NCc3ccccc3OCCOc3ccccc3)cc2)cc1. The van der Waals surface area contributed by atoms with Crippen molar-refractivity contribution in [2.45, 2.75) is 13.0 Å². The van der Waals surface area contributed by atoms with Gasteiger partial charge < -0.3 is 19.5 Å². The summed E-state index contributed by atoms with van der Waals surface area (Å²) in [5.74, 6) is 2.59. The predicted molar refractivity (Wildman–Crippen MR) is 133 cm³/mol. The molecule has 0 bridgehead atoms. The van der Waals surface area contributed by atoms with Crippen molar-refractivity contribution in [3.63, 3.8) is 0 Å². The summed E-state index contributed by atoms with van der Waals surface area (Å²) in [5, 5.41) is 3.46. The van der Waals surface area contributed by atoms with E-state index in [4.69, 9.17) is 14.2 Å². The minimum absolute atomic E-state index is 0.487. The van der Waals surface area contributed by atoms with Crippen LogP contribution in [0.3, 0.4) is 0 Å². The lowest BCUT2D eigenvalue weighted by atomic mass is 10.2. The minimum Gasteiger partial charge on any atom is -0.493 e. The highest BCUT2D eigenvalue weighted by Gasteiger charge is 2.04. The van der Waals surface area contributed by atoms with Gasteiger partial charge in [0, 0.05) is 24.2 Å². The maximum Gasteiger partial charge on any atom is 0.124 e. The van der Waals surface area contributed by atoms with Crippen molar-refractivity contribution in [1.82, 2.24) is 0 Å². The molecule has 0 aliphatic carbocycles. The highest BCUT2D eigenvalue weighted by atomic mass is 16.5. The van der Waals surface area contributed by atoms with Gasteiger partial charge in [0.1, 0.15) is 30.5 Å². The van der Waals surface area contributed by atoms with Crippen LogP contribution in [0, 0.1) is 0 Å². The Hall–Kier alpha value is -3.92. The topological polar surface area (TPSA) is 39.7 Å². The van der Waals surface area contributed by atoms with Crippen LogP contribution < -0.4 is 19.5 Å². The van der Waals surface area contributed by atoms with Gasteiger partial charge in [-0.3, -0.25) is 0 Å². The smallest absolute Gasteiger partial charge is 0.124 e. The Bertz CT molecular complexity index is 1080. The lowest BCUT2D eigenvalue weighted by Gasteiger charge is -2.14. The molecule has 4 nitrogen and oxygen atoms in total. The Morgan fingerprint density at radius 3 is 1.91 bits per heavy atom. The quantitative estimate of drug-likeness (QED) is 0.260. The van der Waals surface area contributed by atoms with Crippen molar-refractivity contribution in [3.05, 3.63) is 120 Å². The second-order valence-corrected chi connectivity index (χ2v) is 7.58. The molecule has 4 rings (SSSR count). The van der Waals surface area contributed by atoms with E-state index in [9.17, 15) is 0 Å². The van der Waals surface area contributed by atoms with Crippen molar-refractivity contribution in [2.75, 3.05) is 25.1 Å².